The molecule has 1 saturated heterocycles. The number of aliphatic hydroxyl groups is 3. The molecule has 4 rings (SSSR count). The van der Waals surface area contributed by atoms with E-state index in [1.165, 1.54) is 36.9 Å². The number of carboxylic acids is 1. The molecular weight excluding hydrogens is 975 g/mol. The number of carbonyl (C=O) groups excluding carboxylic acids is 6. The first-order chi connectivity index (χ1) is 34.6. The van der Waals surface area contributed by atoms with Crippen molar-refractivity contribution in [3.63, 3.8) is 0 Å². The van der Waals surface area contributed by atoms with Crippen molar-refractivity contribution >= 4 is 65.0 Å². The Balaban J connectivity index is 1.30. The molecule has 3 aromatic rings. The lowest BCUT2D eigenvalue weighted by molar-refractivity contribution is -0.311. The maximum absolute atomic E-state index is 13.4. The van der Waals surface area contributed by atoms with Gasteiger partial charge in [0.25, 0.3) is 23.5 Å². The number of carboxylic acid groups (broad SMARTS) is 1. The largest absolute Gasteiger partial charge is 0.481 e. The van der Waals surface area contributed by atoms with Gasteiger partial charge >= 0.3 is 11.9 Å². The molecule has 394 valence electrons. The highest BCUT2D eigenvalue weighted by molar-refractivity contribution is 7.99. The maximum atomic E-state index is 13.4. The standard InChI is InChI=1S/C50H67N5O15S2/c1-4-24-71-26-21-51-47(64)36-19-20-37(40(28-36)68-31-54-41(59)13-8-9-14-42(60)61)48(65)52-22-27-72-25-10-23-69-50(49(66)67-3)29-38(57)43(55-32(2)56)45(70-50)44(62)39(58)30-53-46(63)35-17-15-34(16-18-35)33-11-6-5-7-12-33/h5-7,11-12,15-20,28,38-39,43-45,57-58,62H,4,8-10,13-14,21-27,29-31H2,1-3H3,(H,51,64)(H,52,65)(H,53,63)(H,54,59)(H,55,56)(H,60,61)/t38-,39+,43+,44+,45+,50+/m0/s1. The van der Waals surface area contributed by atoms with Crippen LogP contribution < -0.4 is 31.3 Å². The fourth-order valence-electron chi connectivity index (χ4n) is 7.41. The van der Waals surface area contributed by atoms with E-state index in [9.17, 15) is 48.9 Å². The number of aliphatic carboxylic acids is 1. The Labute approximate surface area is 427 Å². The lowest BCUT2D eigenvalue weighted by atomic mass is 9.88. The highest BCUT2D eigenvalue weighted by Gasteiger charge is 2.56. The van der Waals surface area contributed by atoms with Gasteiger partial charge in [-0.2, -0.15) is 23.5 Å². The van der Waals surface area contributed by atoms with Gasteiger partial charge in [-0.3, -0.25) is 28.8 Å². The smallest absolute Gasteiger partial charge is 0.366 e. The molecule has 6 atom stereocenters. The highest BCUT2D eigenvalue weighted by Crippen LogP contribution is 2.34. The molecule has 0 unspecified atom stereocenters. The van der Waals surface area contributed by atoms with Crippen LogP contribution in [0.1, 0.15) is 89.9 Å². The zero-order valence-corrected chi connectivity index (χ0v) is 42.4. The van der Waals surface area contributed by atoms with Crippen molar-refractivity contribution in [1.29, 1.82) is 0 Å². The average Bonchev–Trinajstić information content (AvgIpc) is 3.37. The summed E-state index contributed by atoms with van der Waals surface area (Å²) in [5, 5.41) is 55.9. The lowest BCUT2D eigenvalue weighted by Crippen LogP contribution is -2.68. The van der Waals surface area contributed by atoms with Gasteiger partial charge in [-0.05, 0) is 78.6 Å². The van der Waals surface area contributed by atoms with E-state index < -0.39 is 78.9 Å². The van der Waals surface area contributed by atoms with Crippen molar-refractivity contribution in [2.24, 2.45) is 0 Å². The summed E-state index contributed by atoms with van der Waals surface area (Å²) in [7, 11) is 1.08. The van der Waals surface area contributed by atoms with Crippen LogP contribution in [0.5, 0.6) is 5.75 Å². The van der Waals surface area contributed by atoms with Gasteiger partial charge in [0, 0.05) is 68.5 Å². The fraction of sp³-hybridized carbons (Fsp3) is 0.500. The predicted octanol–water partition coefficient (Wildman–Crippen LogP) is 2.87. The molecule has 0 radical (unpaired) electrons. The number of esters is 1. The average molecular weight is 1040 g/mol. The summed E-state index contributed by atoms with van der Waals surface area (Å²) in [6, 6.07) is 19.4. The summed E-state index contributed by atoms with van der Waals surface area (Å²) in [5.41, 5.74) is 2.51. The van der Waals surface area contributed by atoms with Crippen LogP contribution in [0.15, 0.2) is 72.8 Å². The zero-order chi connectivity index (χ0) is 52.5. The second-order valence-electron chi connectivity index (χ2n) is 16.7. The van der Waals surface area contributed by atoms with Crippen LogP contribution in [-0.2, 0) is 33.4 Å². The van der Waals surface area contributed by atoms with E-state index in [2.05, 4.69) is 33.5 Å². The third kappa shape index (κ3) is 19.0. The van der Waals surface area contributed by atoms with Crippen LogP contribution in [0.4, 0.5) is 0 Å². The Morgan fingerprint density at radius 1 is 0.778 bits per heavy atom. The monoisotopic (exact) mass is 1040 g/mol. The van der Waals surface area contributed by atoms with Gasteiger partial charge in [0.2, 0.25) is 11.8 Å². The van der Waals surface area contributed by atoms with Gasteiger partial charge < -0.3 is 66.0 Å². The number of methoxy groups -OCH3 is 1. The van der Waals surface area contributed by atoms with Gasteiger partial charge in [0.15, 0.2) is 6.73 Å². The van der Waals surface area contributed by atoms with Gasteiger partial charge in [-0.25, -0.2) is 4.79 Å². The van der Waals surface area contributed by atoms with Crippen molar-refractivity contribution in [3.8, 4) is 16.9 Å². The molecule has 1 aliphatic heterocycles. The molecule has 3 aromatic carbocycles. The second-order valence-corrected chi connectivity index (χ2v) is 19.1. The van der Waals surface area contributed by atoms with Crippen LogP contribution in [0, 0.1) is 0 Å². The van der Waals surface area contributed by atoms with E-state index >= 15 is 0 Å². The number of nitrogens with one attached hydrogen (secondary N) is 5. The topological polar surface area (TPSA) is 297 Å². The molecule has 1 heterocycles. The van der Waals surface area contributed by atoms with Crippen LogP contribution in [0.2, 0.25) is 0 Å². The maximum Gasteiger partial charge on any atom is 0.366 e. The van der Waals surface area contributed by atoms with E-state index in [4.69, 9.17) is 24.1 Å². The molecule has 1 fully saturated rings. The van der Waals surface area contributed by atoms with Crippen molar-refractivity contribution < 1.29 is 72.9 Å². The third-order valence-electron chi connectivity index (χ3n) is 11.1. The minimum absolute atomic E-state index is 0.0521. The van der Waals surface area contributed by atoms with Crippen LogP contribution in [-0.4, -0.2) is 161 Å². The number of hydrogen-bond acceptors (Lipinski definition) is 16. The van der Waals surface area contributed by atoms with Crippen molar-refractivity contribution in [3.05, 3.63) is 89.5 Å². The fourth-order valence-corrected chi connectivity index (χ4v) is 8.92. The van der Waals surface area contributed by atoms with Crippen molar-refractivity contribution in [2.75, 3.05) is 63.1 Å². The molecule has 22 heteroatoms. The van der Waals surface area contributed by atoms with E-state index in [-0.39, 0.29) is 61.4 Å². The number of unbranched alkanes of at least 4 members (excludes halogenated alkanes) is 1. The lowest BCUT2D eigenvalue weighted by Gasteiger charge is -2.47. The quantitative estimate of drug-likeness (QED) is 0.0254. The van der Waals surface area contributed by atoms with E-state index in [1.54, 1.807) is 36.0 Å². The van der Waals surface area contributed by atoms with E-state index in [0.717, 1.165) is 36.2 Å². The molecule has 72 heavy (non-hydrogen) atoms. The number of benzene rings is 3. The Kier molecular flexibility index (Phi) is 25.3. The number of rotatable bonds is 31. The second kappa shape index (κ2) is 31.0. The minimum Gasteiger partial charge on any atom is -0.481 e. The van der Waals surface area contributed by atoms with Crippen molar-refractivity contribution in [2.45, 2.75) is 95.0 Å². The van der Waals surface area contributed by atoms with Gasteiger partial charge in [-0.1, -0.05) is 49.4 Å². The first-order valence-corrected chi connectivity index (χ1v) is 26.0. The van der Waals surface area contributed by atoms with Crippen LogP contribution in [0.3, 0.4) is 0 Å². The molecular formula is C50H67N5O15S2. The SMILES string of the molecule is CCCSCCNC(=O)c1ccc(C(=O)NCCSCCCO[C@]2(C(=O)OC)C[C@H](O)[C@@H](NC(C)=O)[C@H]([C@H](O)[C@H](O)CNC(=O)c3ccc(-c4ccccc4)cc3)O2)c(OCNC(=O)CCCCC(=O)O)c1. The molecule has 20 nitrogen and oxygen atoms in total. The summed E-state index contributed by atoms with van der Waals surface area (Å²) in [6.45, 7) is 3.03. The number of thioether (sulfide) groups is 2. The molecule has 5 amide bonds. The Bertz CT molecular complexity index is 2240. The third-order valence-corrected chi connectivity index (χ3v) is 13.4. The molecule has 9 N–H and O–H groups in total. The first kappa shape index (κ1) is 58.8. The summed E-state index contributed by atoms with van der Waals surface area (Å²) < 4.78 is 22.8. The van der Waals surface area contributed by atoms with E-state index in [1.807, 2.05) is 30.3 Å². The molecule has 0 aliphatic carbocycles. The number of carbonyl (C=O) groups is 7. The summed E-state index contributed by atoms with van der Waals surface area (Å²) in [5.74, 6) is -3.94. The molecule has 0 saturated carbocycles. The van der Waals surface area contributed by atoms with Gasteiger partial charge in [-0.15, -0.1) is 0 Å². The van der Waals surface area contributed by atoms with Crippen LogP contribution >= 0.6 is 23.5 Å². The summed E-state index contributed by atoms with van der Waals surface area (Å²) >= 11 is 3.15. The molecule has 0 aromatic heterocycles. The molecule has 0 spiro atoms. The summed E-state index contributed by atoms with van der Waals surface area (Å²) in [4.78, 5) is 87.9. The minimum atomic E-state index is -2.26. The van der Waals surface area contributed by atoms with E-state index in [0.29, 0.717) is 42.9 Å². The van der Waals surface area contributed by atoms with Crippen LogP contribution in [0.25, 0.3) is 11.1 Å². The van der Waals surface area contributed by atoms with Gasteiger partial charge in [0.05, 0.1) is 37.5 Å². The predicted molar refractivity (Wildman–Crippen MR) is 270 cm³/mol. The Hall–Kier alpha value is -5.75. The first-order valence-electron chi connectivity index (χ1n) is 23.7. The normalized spacial score (nSPS) is 18.2. The number of hydrogen-bond donors (Lipinski definition) is 9. The molecule has 0 bridgehead atoms. The number of amides is 5. The molecule has 1 aliphatic rings. The number of ether oxygens (including phenoxy) is 4. The highest BCUT2D eigenvalue weighted by atomic mass is 32.2. The van der Waals surface area contributed by atoms with Gasteiger partial charge in [0.1, 0.15) is 18.0 Å². The van der Waals surface area contributed by atoms with Crippen molar-refractivity contribution in [1.82, 2.24) is 26.6 Å². The number of aliphatic hydroxyl groups excluding tert-OH is 3. The summed E-state index contributed by atoms with van der Waals surface area (Å²) in [6.07, 6.45) is -5.12. The zero-order valence-electron chi connectivity index (χ0n) is 40.7. The Morgan fingerprint density at radius 2 is 1.42 bits per heavy atom. The Morgan fingerprint density at radius 3 is 2.08 bits per heavy atom.